The molecule has 0 radical (unpaired) electrons. The molecular formula is C17H22N2O3. The molecule has 2 rings (SSSR count). The summed E-state index contributed by atoms with van der Waals surface area (Å²) in [6.07, 6.45) is -0.281. The van der Waals surface area contributed by atoms with Crippen LogP contribution in [0.15, 0.2) is 18.2 Å². The third-order valence-electron chi connectivity index (χ3n) is 3.34. The highest BCUT2D eigenvalue weighted by atomic mass is 16.6. The number of hydrogen-bond donors (Lipinski definition) is 0. The van der Waals surface area contributed by atoms with Gasteiger partial charge in [0.2, 0.25) is 0 Å². The monoisotopic (exact) mass is 302 g/mol. The van der Waals surface area contributed by atoms with Gasteiger partial charge in [0.15, 0.2) is 0 Å². The second-order valence-electron chi connectivity index (χ2n) is 6.67. The molecule has 0 bridgehead atoms. The molecule has 1 saturated heterocycles. The van der Waals surface area contributed by atoms with E-state index in [1.54, 1.807) is 11.0 Å². The van der Waals surface area contributed by atoms with E-state index in [9.17, 15) is 4.79 Å². The topological polar surface area (TPSA) is 62.6 Å². The first-order valence-corrected chi connectivity index (χ1v) is 7.40. The molecule has 0 aromatic heterocycles. The average Bonchev–Trinajstić information content (AvgIpc) is 2.34. The summed E-state index contributed by atoms with van der Waals surface area (Å²) in [7, 11) is 0. The lowest BCUT2D eigenvalue weighted by Crippen LogP contribution is -2.53. The standard InChI is InChI=1S/C17H22N2O3/c1-12-5-6-14(8-18)15(7-12)21-11-13-9-19(10-13)16(20)22-17(2,3)4/h5-7,13H,9-11H2,1-4H3. The van der Waals surface area contributed by atoms with Crippen LogP contribution in [0.5, 0.6) is 5.75 Å². The van der Waals surface area contributed by atoms with E-state index in [0.717, 1.165) is 5.56 Å². The quantitative estimate of drug-likeness (QED) is 0.860. The summed E-state index contributed by atoms with van der Waals surface area (Å²) in [6, 6.07) is 7.64. The Bertz CT molecular complexity index is 593. The normalized spacial score (nSPS) is 15.0. The van der Waals surface area contributed by atoms with E-state index in [-0.39, 0.29) is 12.0 Å². The summed E-state index contributed by atoms with van der Waals surface area (Å²) in [5.74, 6) is 0.887. The van der Waals surface area contributed by atoms with E-state index in [1.165, 1.54) is 0 Å². The van der Waals surface area contributed by atoms with E-state index in [2.05, 4.69) is 6.07 Å². The van der Waals surface area contributed by atoms with Gasteiger partial charge in [-0.05, 0) is 45.4 Å². The van der Waals surface area contributed by atoms with Gasteiger partial charge in [-0.15, -0.1) is 0 Å². The van der Waals surface area contributed by atoms with Crippen molar-refractivity contribution in [2.24, 2.45) is 5.92 Å². The molecule has 0 aliphatic carbocycles. The Kier molecular flexibility index (Phi) is 4.60. The highest BCUT2D eigenvalue weighted by Gasteiger charge is 2.34. The molecule has 0 unspecified atom stereocenters. The Balaban J connectivity index is 1.81. The Hall–Kier alpha value is -2.22. The molecular weight excluding hydrogens is 280 g/mol. The Morgan fingerprint density at radius 1 is 1.41 bits per heavy atom. The van der Waals surface area contributed by atoms with Gasteiger partial charge in [-0.1, -0.05) is 6.07 Å². The summed E-state index contributed by atoms with van der Waals surface area (Å²) in [5.41, 5.74) is 1.12. The van der Waals surface area contributed by atoms with E-state index in [4.69, 9.17) is 14.7 Å². The van der Waals surface area contributed by atoms with Crippen LogP contribution in [0.4, 0.5) is 4.79 Å². The maximum Gasteiger partial charge on any atom is 0.410 e. The zero-order valence-electron chi connectivity index (χ0n) is 13.5. The summed E-state index contributed by atoms with van der Waals surface area (Å²) >= 11 is 0. The van der Waals surface area contributed by atoms with Crippen LogP contribution >= 0.6 is 0 Å². The van der Waals surface area contributed by atoms with Crippen LogP contribution in [-0.4, -0.2) is 36.3 Å². The van der Waals surface area contributed by atoms with Crippen LogP contribution in [-0.2, 0) is 4.74 Å². The highest BCUT2D eigenvalue weighted by Crippen LogP contribution is 2.23. The molecule has 22 heavy (non-hydrogen) atoms. The van der Waals surface area contributed by atoms with E-state index in [1.807, 2.05) is 39.8 Å². The molecule has 5 nitrogen and oxygen atoms in total. The Morgan fingerprint density at radius 2 is 2.09 bits per heavy atom. The Labute approximate surface area is 131 Å². The lowest BCUT2D eigenvalue weighted by molar-refractivity contribution is -0.00783. The number of benzene rings is 1. The minimum atomic E-state index is -0.470. The fraction of sp³-hybridized carbons (Fsp3) is 0.529. The molecule has 1 amide bonds. The Morgan fingerprint density at radius 3 is 2.68 bits per heavy atom. The van der Waals surface area contributed by atoms with E-state index in [0.29, 0.717) is 31.0 Å². The molecule has 1 aliphatic heterocycles. The molecule has 0 atom stereocenters. The maximum atomic E-state index is 11.8. The summed E-state index contributed by atoms with van der Waals surface area (Å²) in [5, 5.41) is 9.07. The van der Waals surface area contributed by atoms with Crippen molar-refractivity contribution in [1.82, 2.24) is 4.90 Å². The van der Waals surface area contributed by atoms with Gasteiger partial charge in [-0.25, -0.2) is 4.79 Å². The number of carbonyl (C=O) groups is 1. The van der Waals surface area contributed by atoms with Crippen molar-refractivity contribution >= 4 is 6.09 Å². The lowest BCUT2D eigenvalue weighted by Gasteiger charge is -2.39. The van der Waals surface area contributed by atoms with E-state index < -0.39 is 5.60 Å². The number of nitrogens with zero attached hydrogens (tertiary/aromatic N) is 2. The minimum absolute atomic E-state index is 0.277. The second kappa shape index (κ2) is 6.27. The van der Waals surface area contributed by atoms with Crippen molar-refractivity contribution < 1.29 is 14.3 Å². The molecule has 1 aromatic carbocycles. The van der Waals surface area contributed by atoms with Crippen LogP contribution in [0.3, 0.4) is 0 Å². The van der Waals surface area contributed by atoms with Gasteiger partial charge in [0.05, 0.1) is 12.2 Å². The SMILES string of the molecule is Cc1ccc(C#N)c(OCC2CN(C(=O)OC(C)(C)C)C2)c1. The first-order chi connectivity index (χ1) is 10.3. The molecule has 5 heteroatoms. The third-order valence-corrected chi connectivity index (χ3v) is 3.34. The minimum Gasteiger partial charge on any atom is -0.492 e. The lowest BCUT2D eigenvalue weighted by atomic mass is 10.0. The average molecular weight is 302 g/mol. The van der Waals surface area contributed by atoms with Crippen LogP contribution in [0.1, 0.15) is 31.9 Å². The number of rotatable bonds is 3. The van der Waals surface area contributed by atoms with Crippen LogP contribution in [0.25, 0.3) is 0 Å². The smallest absolute Gasteiger partial charge is 0.410 e. The second-order valence-corrected chi connectivity index (χ2v) is 6.67. The number of nitriles is 1. The highest BCUT2D eigenvalue weighted by molar-refractivity contribution is 5.69. The van der Waals surface area contributed by atoms with Crippen LogP contribution in [0, 0.1) is 24.2 Å². The molecule has 1 fully saturated rings. The number of amides is 1. The fourth-order valence-electron chi connectivity index (χ4n) is 2.20. The zero-order valence-corrected chi connectivity index (χ0v) is 13.5. The van der Waals surface area contributed by atoms with Gasteiger partial charge in [0.25, 0.3) is 0 Å². The number of likely N-dealkylation sites (tertiary alicyclic amines) is 1. The predicted molar refractivity (Wildman–Crippen MR) is 82.7 cm³/mol. The van der Waals surface area contributed by atoms with Crippen molar-refractivity contribution in [2.75, 3.05) is 19.7 Å². The fourth-order valence-corrected chi connectivity index (χ4v) is 2.20. The van der Waals surface area contributed by atoms with Gasteiger partial charge < -0.3 is 14.4 Å². The van der Waals surface area contributed by atoms with E-state index >= 15 is 0 Å². The first kappa shape index (κ1) is 16.2. The summed E-state index contributed by atoms with van der Waals surface area (Å²) in [4.78, 5) is 13.5. The van der Waals surface area contributed by atoms with Gasteiger partial charge in [0.1, 0.15) is 17.4 Å². The van der Waals surface area contributed by atoms with Crippen molar-refractivity contribution in [2.45, 2.75) is 33.3 Å². The van der Waals surface area contributed by atoms with Gasteiger partial charge in [-0.3, -0.25) is 0 Å². The van der Waals surface area contributed by atoms with Crippen molar-refractivity contribution in [1.29, 1.82) is 5.26 Å². The molecule has 1 aliphatic rings. The number of carbonyl (C=O) groups excluding carboxylic acids is 1. The molecule has 0 saturated carbocycles. The third kappa shape index (κ3) is 4.14. The van der Waals surface area contributed by atoms with Gasteiger partial charge >= 0.3 is 6.09 Å². The summed E-state index contributed by atoms with van der Waals surface area (Å²) < 4.78 is 11.0. The van der Waals surface area contributed by atoms with Crippen molar-refractivity contribution in [3.05, 3.63) is 29.3 Å². The molecule has 0 spiro atoms. The first-order valence-electron chi connectivity index (χ1n) is 7.40. The number of hydrogen-bond acceptors (Lipinski definition) is 4. The molecule has 1 heterocycles. The summed E-state index contributed by atoms with van der Waals surface area (Å²) in [6.45, 7) is 9.27. The maximum absolute atomic E-state index is 11.8. The van der Waals surface area contributed by atoms with Crippen LogP contribution < -0.4 is 4.74 Å². The number of aryl methyl sites for hydroxylation is 1. The van der Waals surface area contributed by atoms with Crippen LogP contribution in [0.2, 0.25) is 0 Å². The van der Waals surface area contributed by atoms with Gasteiger partial charge in [-0.2, -0.15) is 5.26 Å². The predicted octanol–water partition coefficient (Wildman–Crippen LogP) is 3.11. The molecule has 1 aromatic rings. The van der Waals surface area contributed by atoms with Crippen molar-refractivity contribution in [3.8, 4) is 11.8 Å². The number of ether oxygens (including phenoxy) is 2. The molecule has 118 valence electrons. The van der Waals surface area contributed by atoms with Crippen molar-refractivity contribution in [3.63, 3.8) is 0 Å². The zero-order chi connectivity index (χ0) is 16.3. The van der Waals surface area contributed by atoms with Gasteiger partial charge in [0, 0.05) is 19.0 Å². The molecule has 0 N–H and O–H groups in total. The largest absolute Gasteiger partial charge is 0.492 e.